The number of anilines is 1. The highest BCUT2D eigenvalue weighted by Crippen LogP contribution is 2.17. The van der Waals surface area contributed by atoms with E-state index < -0.39 is 0 Å². The van der Waals surface area contributed by atoms with Crippen molar-refractivity contribution in [2.75, 3.05) is 5.32 Å². The number of rotatable bonds is 5. The van der Waals surface area contributed by atoms with Crippen molar-refractivity contribution in [2.24, 2.45) is 0 Å². The molecule has 0 atom stereocenters. The van der Waals surface area contributed by atoms with Gasteiger partial charge in [-0.05, 0) is 36.6 Å². The molecule has 2 N–H and O–H groups in total. The highest BCUT2D eigenvalue weighted by atomic mass is 16.1. The summed E-state index contributed by atoms with van der Waals surface area (Å²) in [6, 6.07) is 7.89. The van der Waals surface area contributed by atoms with Crippen molar-refractivity contribution in [3.8, 4) is 0 Å². The van der Waals surface area contributed by atoms with Crippen LogP contribution in [-0.2, 0) is 6.54 Å². The summed E-state index contributed by atoms with van der Waals surface area (Å²) in [5, 5.41) is 6.40. The molecule has 5 heteroatoms. The minimum Gasteiger partial charge on any atom is -0.380 e. The fraction of sp³-hybridized carbons (Fsp3) is 0.421. The van der Waals surface area contributed by atoms with Gasteiger partial charge in [-0.2, -0.15) is 0 Å². The molecule has 1 fully saturated rings. The first-order valence-corrected chi connectivity index (χ1v) is 8.71. The number of amides is 1. The number of pyridine rings is 2. The van der Waals surface area contributed by atoms with E-state index in [0.717, 1.165) is 24.1 Å². The molecule has 0 aliphatic heterocycles. The average Bonchev–Trinajstić information content (AvgIpc) is 2.90. The van der Waals surface area contributed by atoms with Crippen LogP contribution in [0.4, 0.5) is 5.69 Å². The Morgan fingerprint density at radius 1 is 1.08 bits per heavy atom. The third-order valence-electron chi connectivity index (χ3n) is 4.41. The van der Waals surface area contributed by atoms with Crippen molar-refractivity contribution < 1.29 is 4.79 Å². The van der Waals surface area contributed by atoms with E-state index in [9.17, 15) is 4.79 Å². The van der Waals surface area contributed by atoms with Crippen LogP contribution in [0.1, 0.15) is 54.6 Å². The van der Waals surface area contributed by atoms with Crippen molar-refractivity contribution in [2.45, 2.75) is 51.1 Å². The predicted molar refractivity (Wildman–Crippen MR) is 94.8 cm³/mol. The van der Waals surface area contributed by atoms with Gasteiger partial charge in [0.2, 0.25) is 0 Å². The molecular weight excluding hydrogens is 300 g/mol. The lowest BCUT2D eigenvalue weighted by molar-refractivity contribution is 0.0928. The summed E-state index contributed by atoms with van der Waals surface area (Å²) in [5.74, 6) is -0.0688. The van der Waals surface area contributed by atoms with Gasteiger partial charge in [-0.1, -0.05) is 31.7 Å². The number of aromatic nitrogens is 2. The zero-order valence-electron chi connectivity index (χ0n) is 13.9. The summed E-state index contributed by atoms with van der Waals surface area (Å²) in [4.78, 5) is 20.7. The van der Waals surface area contributed by atoms with E-state index in [4.69, 9.17) is 0 Å². The quantitative estimate of drug-likeness (QED) is 0.826. The third kappa shape index (κ3) is 4.78. The zero-order valence-corrected chi connectivity index (χ0v) is 13.9. The van der Waals surface area contributed by atoms with Crippen LogP contribution in [0.2, 0.25) is 0 Å². The SMILES string of the molecule is O=C(NC1CCCCCC1)c1ccc(NCc2cccnc2)cn1. The first kappa shape index (κ1) is 16.4. The summed E-state index contributed by atoms with van der Waals surface area (Å²) in [6.45, 7) is 0.684. The Labute approximate surface area is 142 Å². The Hall–Kier alpha value is -2.43. The molecule has 1 amide bonds. The molecule has 2 aromatic heterocycles. The second-order valence-electron chi connectivity index (χ2n) is 6.31. The van der Waals surface area contributed by atoms with Gasteiger partial charge < -0.3 is 10.6 Å². The number of hydrogen-bond donors (Lipinski definition) is 2. The number of carbonyl (C=O) groups is 1. The summed E-state index contributed by atoms with van der Waals surface area (Å²) < 4.78 is 0. The topological polar surface area (TPSA) is 66.9 Å². The highest BCUT2D eigenvalue weighted by Gasteiger charge is 2.16. The summed E-state index contributed by atoms with van der Waals surface area (Å²) in [6.07, 6.45) is 12.4. The molecule has 1 aliphatic carbocycles. The lowest BCUT2D eigenvalue weighted by Gasteiger charge is -2.16. The van der Waals surface area contributed by atoms with Gasteiger partial charge in [0, 0.05) is 25.0 Å². The molecular formula is C19H24N4O. The molecule has 3 rings (SSSR count). The van der Waals surface area contributed by atoms with E-state index in [1.807, 2.05) is 24.4 Å². The van der Waals surface area contributed by atoms with E-state index in [1.54, 1.807) is 18.5 Å². The number of hydrogen-bond acceptors (Lipinski definition) is 4. The van der Waals surface area contributed by atoms with Crippen molar-refractivity contribution >= 4 is 11.6 Å². The molecule has 0 unspecified atom stereocenters. The molecule has 126 valence electrons. The van der Waals surface area contributed by atoms with Gasteiger partial charge in [0.15, 0.2) is 0 Å². The third-order valence-corrected chi connectivity index (χ3v) is 4.41. The molecule has 2 heterocycles. The van der Waals surface area contributed by atoms with Crippen molar-refractivity contribution in [3.63, 3.8) is 0 Å². The van der Waals surface area contributed by atoms with E-state index in [0.29, 0.717) is 18.3 Å². The molecule has 1 aliphatic rings. The maximum absolute atomic E-state index is 12.3. The maximum atomic E-state index is 12.3. The van der Waals surface area contributed by atoms with Crippen LogP contribution >= 0.6 is 0 Å². The van der Waals surface area contributed by atoms with Gasteiger partial charge in [0.05, 0.1) is 11.9 Å². The molecule has 0 spiro atoms. The molecule has 2 aromatic rings. The number of nitrogens with one attached hydrogen (secondary N) is 2. The standard InChI is InChI=1S/C19H24N4O/c24-19(23-16-7-3-1-2-4-8-16)18-10-9-17(14-22-18)21-13-15-6-5-11-20-12-15/h5-6,9-12,14,16,21H,1-4,7-8,13H2,(H,23,24). The number of carbonyl (C=O) groups excluding carboxylic acids is 1. The smallest absolute Gasteiger partial charge is 0.270 e. The molecule has 0 radical (unpaired) electrons. The first-order chi connectivity index (χ1) is 11.8. The largest absolute Gasteiger partial charge is 0.380 e. The summed E-state index contributed by atoms with van der Waals surface area (Å²) in [5.41, 5.74) is 2.48. The Balaban J connectivity index is 1.52. The van der Waals surface area contributed by atoms with Crippen LogP contribution in [0.15, 0.2) is 42.9 Å². The van der Waals surface area contributed by atoms with Crippen LogP contribution < -0.4 is 10.6 Å². The van der Waals surface area contributed by atoms with Gasteiger partial charge in [-0.15, -0.1) is 0 Å². The lowest BCUT2D eigenvalue weighted by atomic mass is 10.1. The summed E-state index contributed by atoms with van der Waals surface area (Å²) in [7, 11) is 0. The van der Waals surface area contributed by atoms with Crippen molar-refractivity contribution in [1.29, 1.82) is 0 Å². The monoisotopic (exact) mass is 324 g/mol. The first-order valence-electron chi connectivity index (χ1n) is 8.71. The number of nitrogens with zero attached hydrogens (tertiary/aromatic N) is 2. The molecule has 0 saturated heterocycles. The van der Waals surface area contributed by atoms with E-state index >= 15 is 0 Å². The predicted octanol–water partition coefficient (Wildman–Crippen LogP) is 3.54. The minimum atomic E-state index is -0.0688. The Bertz CT molecular complexity index is 634. The lowest BCUT2D eigenvalue weighted by Crippen LogP contribution is -2.34. The zero-order chi connectivity index (χ0) is 16.6. The maximum Gasteiger partial charge on any atom is 0.270 e. The Kier molecular flexibility index (Phi) is 5.77. The van der Waals surface area contributed by atoms with Crippen molar-refractivity contribution in [3.05, 3.63) is 54.1 Å². The molecule has 5 nitrogen and oxygen atoms in total. The molecule has 0 bridgehead atoms. The van der Waals surface area contributed by atoms with Gasteiger partial charge in [0.1, 0.15) is 5.69 Å². The molecule has 0 aromatic carbocycles. The highest BCUT2D eigenvalue weighted by molar-refractivity contribution is 5.92. The minimum absolute atomic E-state index is 0.0688. The van der Waals surface area contributed by atoms with Gasteiger partial charge >= 0.3 is 0 Å². The fourth-order valence-electron chi connectivity index (χ4n) is 3.02. The van der Waals surface area contributed by atoms with Crippen LogP contribution in [0.3, 0.4) is 0 Å². The van der Waals surface area contributed by atoms with Crippen molar-refractivity contribution in [1.82, 2.24) is 15.3 Å². The summed E-state index contributed by atoms with van der Waals surface area (Å²) >= 11 is 0. The van der Waals surface area contributed by atoms with Crippen LogP contribution in [-0.4, -0.2) is 21.9 Å². The normalized spacial score (nSPS) is 15.5. The van der Waals surface area contributed by atoms with Gasteiger partial charge in [0.25, 0.3) is 5.91 Å². The van der Waals surface area contributed by atoms with Crippen LogP contribution in [0.25, 0.3) is 0 Å². The molecule has 24 heavy (non-hydrogen) atoms. The Morgan fingerprint density at radius 2 is 1.92 bits per heavy atom. The second-order valence-corrected chi connectivity index (χ2v) is 6.31. The van der Waals surface area contributed by atoms with Gasteiger partial charge in [-0.3, -0.25) is 9.78 Å². The van der Waals surface area contributed by atoms with E-state index in [1.165, 1.54) is 25.7 Å². The Morgan fingerprint density at radius 3 is 2.58 bits per heavy atom. The molecule has 1 saturated carbocycles. The van der Waals surface area contributed by atoms with Crippen LogP contribution in [0.5, 0.6) is 0 Å². The van der Waals surface area contributed by atoms with Gasteiger partial charge in [-0.25, -0.2) is 4.98 Å². The fourth-order valence-corrected chi connectivity index (χ4v) is 3.02. The average molecular weight is 324 g/mol. The second kappa shape index (κ2) is 8.43. The van der Waals surface area contributed by atoms with Crippen LogP contribution in [0, 0.1) is 0 Å². The van der Waals surface area contributed by atoms with E-state index in [-0.39, 0.29) is 5.91 Å². The van der Waals surface area contributed by atoms with E-state index in [2.05, 4.69) is 20.6 Å².